The average Bonchev–Trinajstić information content (AvgIpc) is 3.13. The van der Waals surface area contributed by atoms with Crippen LogP contribution in [-0.2, 0) is 4.79 Å². The van der Waals surface area contributed by atoms with E-state index in [1.165, 1.54) is 19.3 Å². The van der Waals surface area contributed by atoms with Gasteiger partial charge < -0.3 is 10.4 Å². The van der Waals surface area contributed by atoms with Crippen LogP contribution < -0.4 is 5.32 Å². The van der Waals surface area contributed by atoms with E-state index in [1.54, 1.807) is 0 Å². The van der Waals surface area contributed by atoms with Crippen LogP contribution in [0.1, 0.15) is 46.0 Å². The summed E-state index contributed by atoms with van der Waals surface area (Å²) in [6, 6.07) is 0. The Morgan fingerprint density at radius 1 is 1.44 bits per heavy atom. The maximum absolute atomic E-state index is 10.6. The molecule has 106 valence electrons. The van der Waals surface area contributed by atoms with Crippen LogP contribution in [0.3, 0.4) is 0 Å². The summed E-state index contributed by atoms with van der Waals surface area (Å²) in [5, 5.41) is 11.9. The normalized spacial score (nSPS) is 18.9. The molecular weight excluding hydrogens is 228 g/mol. The van der Waals surface area contributed by atoms with E-state index in [4.69, 9.17) is 5.11 Å². The molecule has 0 bridgehead atoms. The van der Waals surface area contributed by atoms with Crippen LogP contribution >= 0.6 is 0 Å². The van der Waals surface area contributed by atoms with E-state index in [9.17, 15) is 4.79 Å². The SMILES string of the molecule is CCC(C)C1(N(CCCC(=O)O)CCNC)CC1. The Hall–Kier alpha value is -0.610. The van der Waals surface area contributed by atoms with Crippen molar-refractivity contribution in [2.45, 2.75) is 51.5 Å². The lowest BCUT2D eigenvalue weighted by Crippen LogP contribution is -2.45. The van der Waals surface area contributed by atoms with Gasteiger partial charge in [-0.1, -0.05) is 20.3 Å². The van der Waals surface area contributed by atoms with Crippen LogP contribution in [0.2, 0.25) is 0 Å². The van der Waals surface area contributed by atoms with Gasteiger partial charge in [0.1, 0.15) is 0 Å². The molecule has 4 heteroatoms. The second kappa shape index (κ2) is 7.10. The van der Waals surface area contributed by atoms with Crippen molar-refractivity contribution in [1.29, 1.82) is 0 Å². The third-order valence-corrected chi connectivity index (χ3v) is 4.37. The van der Waals surface area contributed by atoms with Crippen LogP contribution in [0.15, 0.2) is 0 Å². The van der Waals surface area contributed by atoms with Gasteiger partial charge in [-0.15, -0.1) is 0 Å². The number of nitrogens with one attached hydrogen (secondary N) is 1. The Labute approximate surface area is 111 Å². The second-order valence-corrected chi connectivity index (χ2v) is 5.50. The first-order valence-electron chi connectivity index (χ1n) is 7.18. The predicted molar refractivity (Wildman–Crippen MR) is 73.8 cm³/mol. The summed E-state index contributed by atoms with van der Waals surface area (Å²) >= 11 is 0. The number of carboxylic acids is 1. The van der Waals surface area contributed by atoms with E-state index in [0.29, 0.717) is 11.5 Å². The van der Waals surface area contributed by atoms with Crippen LogP contribution in [0.4, 0.5) is 0 Å². The second-order valence-electron chi connectivity index (χ2n) is 5.50. The molecule has 1 fully saturated rings. The average molecular weight is 256 g/mol. The minimum absolute atomic E-state index is 0.284. The van der Waals surface area contributed by atoms with Crippen molar-refractivity contribution in [3.05, 3.63) is 0 Å². The molecule has 1 saturated carbocycles. The van der Waals surface area contributed by atoms with E-state index in [0.717, 1.165) is 26.1 Å². The van der Waals surface area contributed by atoms with Gasteiger partial charge >= 0.3 is 5.97 Å². The van der Waals surface area contributed by atoms with Gasteiger partial charge in [-0.25, -0.2) is 0 Å². The first-order valence-corrected chi connectivity index (χ1v) is 7.18. The summed E-state index contributed by atoms with van der Waals surface area (Å²) in [6.07, 6.45) is 4.80. The third kappa shape index (κ3) is 3.95. The molecule has 1 unspecified atom stereocenters. The number of hydrogen-bond donors (Lipinski definition) is 2. The number of nitrogens with zero attached hydrogens (tertiary/aromatic N) is 1. The zero-order valence-electron chi connectivity index (χ0n) is 12.0. The summed E-state index contributed by atoms with van der Waals surface area (Å²) in [5.74, 6) is 0.0242. The lowest BCUT2D eigenvalue weighted by atomic mass is 9.94. The van der Waals surface area contributed by atoms with Crippen LogP contribution in [0, 0.1) is 5.92 Å². The van der Waals surface area contributed by atoms with Crippen LogP contribution in [0.5, 0.6) is 0 Å². The quantitative estimate of drug-likeness (QED) is 0.627. The number of rotatable bonds is 10. The molecule has 0 aromatic rings. The Bertz CT molecular complexity index is 265. The Morgan fingerprint density at radius 3 is 2.56 bits per heavy atom. The molecule has 1 aliphatic rings. The van der Waals surface area contributed by atoms with Gasteiger partial charge in [0.05, 0.1) is 0 Å². The van der Waals surface area contributed by atoms with E-state index in [-0.39, 0.29) is 6.42 Å². The Kier molecular flexibility index (Phi) is 6.09. The van der Waals surface area contributed by atoms with Gasteiger partial charge in [-0.05, 0) is 38.8 Å². The highest BCUT2D eigenvalue weighted by Gasteiger charge is 2.50. The molecule has 0 saturated heterocycles. The maximum Gasteiger partial charge on any atom is 0.303 e. The van der Waals surface area contributed by atoms with Crippen molar-refractivity contribution in [2.24, 2.45) is 5.92 Å². The molecule has 0 aromatic carbocycles. The van der Waals surface area contributed by atoms with E-state index in [1.807, 2.05) is 7.05 Å². The molecule has 0 radical (unpaired) electrons. The van der Waals surface area contributed by atoms with Crippen LogP contribution in [0.25, 0.3) is 0 Å². The summed E-state index contributed by atoms with van der Waals surface area (Å²) < 4.78 is 0. The minimum Gasteiger partial charge on any atom is -0.481 e. The smallest absolute Gasteiger partial charge is 0.303 e. The summed E-state index contributed by atoms with van der Waals surface area (Å²) in [5.41, 5.74) is 0.365. The summed E-state index contributed by atoms with van der Waals surface area (Å²) in [6.45, 7) is 7.50. The van der Waals surface area contributed by atoms with Crippen molar-refractivity contribution in [3.63, 3.8) is 0 Å². The molecule has 0 amide bonds. The van der Waals surface area contributed by atoms with E-state index >= 15 is 0 Å². The van der Waals surface area contributed by atoms with Gasteiger partial charge in [0.2, 0.25) is 0 Å². The largest absolute Gasteiger partial charge is 0.481 e. The molecule has 18 heavy (non-hydrogen) atoms. The molecule has 0 heterocycles. The van der Waals surface area contributed by atoms with Gasteiger partial charge in [0.25, 0.3) is 0 Å². The monoisotopic (exact) mass is 256 g/mol. The van der Waals surface area contributed by atoms with Crippen molar-refractivity contribution >= 4 is 5.97 Å². The van der Waals surface area contributed by atoms with Crippen molar-refractivity contribution in [2.75, 3.05) is 26.7 Å². The Morgan fingerprint density at radius 2 is 2.11 bits per heavy atom. The lowest BCUT2D eigenvalue weighted by Gasteiger charge is -2.36. The van der Waals surface area contributed by atoms with Gasteiger partial charge in [0, 0.05) is 25.0 Å². The zero-order valence-corrected chi connectivity index (χ0v) is 12.0. The van der Waals surface area contributed by atoms with E-state index < -0.39 is 5.97 Å². The van der Waals surface area contributed by atoms with Crippen LogP contribution in [-0.4, -0.2) is 48.2 Å². The summed E-state index contributed by atoms with van der Waals surface area (Å²) in [7, 11) is 1.97. The first kappa shape index (κ1) is 15.4. The van der Waals surface area contributed by atoms with E-state index in [2.05, 4.69) is 24.1 Å². The molecule has 1 aliphatic carbocycles. The van der Waals surface area contributed by atoms with Gasteiger partial charge in [-0.3, -0.25) is 9.69 Å². The fraction of sp³-hybridized carbons (Fsp3) is 0.929. The molecule has 2 N–H and O–H groups in total. The minimum atomic E-state index is -0.683. The highest BCUT2D eigenvalue weighted by molar-refractivity contribution is 5.66. The maximum atomic E-state index is 10.6. The van der Waals surface area contributed by atoms with Gasteiger partial charge in [0.15, 0.2) is 0 Å². The molecular formula is C14H28N2O2. The fourth-order valence-electron chi connectivity index (χ4n) is 2.85. The number of carboxylic acid groups (broad SMARTS) is 1. The molecule has 1 atom stereocenters. The molecule has 0 aliphatic heterocycles. The molecule has 4 nitrogen and oxygen atoms in total. The number of aliphatic carboxylic acids is 1. The molecule has 1 rings (SSSR count). The highest BCUT2D eigenvalue weighted by Crippen LogP contribution is 2.48. The fourth-order valence-corrected chi connectivity index (χ4v) is 2.85. The number of carbonyl (C=O) groups is 1. The molecule has 0 spiro atoms. The standard InChI is InChI=1S/C14H28N2O2/c1-4-12(2)14(7-8-14)16(11-9-15-3)10-5-6-13(17)18/h12,15H,4-11H2,1-3H3,(H,17,18). The van der Waals surface area contributed by atoms with Crippen molar-refractivity contribution in [3.8, 4) is 0 Å². The topological polar surface area (TPSA) is 52.6 Å². The number of likely N-dealkylation sites (N-methyl/N-ethyl adjacent to an activating group) is 1. The number of hydrogen-bond acceptors (Lipinski definition) is 3. The lowest BCUT2D eigenvalue weighted by molar-refractivity contribution is -0.137. The third-order valence-electron chi connectivity index (χ3n) is 4.37. The predicted octanol–water partition coefficient (Wildman–Crippen LogP) is 1.95. The Balaban J connectivity index is 2.52. The first-order chi connectivity index (χ1) is 8.56. The molecule has 0 aromatic heterocycles. The highest BCUT2D eigenvalue weighted by atomic mass is 16.4. The summed E-state index contributed by atoms with van der Waals surface area (Å²) in [4.78, 5) is 13.1. The van der Waals surface area contributed by atoms with Gasteiger partial charge in [-0.2, -0.15) is 0 Å². The van der Waals surface area contributed by atoms with Crippen molar-refractivity contribution in [1.82, 2.24) is 10.2 Å². The van der Waals surface area contributed by atoms with Crippen molar-refractivity contribution < 1.29 is 9.90 Å². The zero-order chi connectivity index (χ0) is 13.6.